The quantitative estimate of drug-likeness (QED) is 0.716. The van der Waals surface area contributed by atoms with E-state index < -0.39 is 36.6 Å². The molecule has 118 valence electrons. The number of carboxylic acids is 1. The first-order chi connectivity index (χ1) is 9.02. The van der Waals surface area contributed by atoms with Gasteiger partial charge in [0.15, 0.2) is 0 Å². The SMILES string of the molecule is CCCC(C)(NS(=O)(=O)C1CCS(=O)(=O)CC1)C(=O)O. The number of aliphatic carboxylic acids is 1. The molecule has 0 bridgehead atoms. The van der Waals surface area contributed by atoms with Gasteiger partial charge in [-0.2, -0.15) is 4.72 Å². The molecule has 0 saturated carbocycles. The number of rotatable bonds is 6. The Morgan fingerprint density at radius 3 is 2.25 bits per heavy atom. The molecule has 1 atom stereocenters. The summed E-state index contributed by atoms with van der Waals surface area (Å²) in [5, 5.41) is 8.34. The van der Waals surface area contributed by atoms with Gasteiger partial charge in [0.05, 0.1) is 16.8 Å². The van der Waals surface area contributed by atoms with Crippen LogP contribution in [0.25, 0.3) is 0 Å². The molecule has 1 aliphatic rings. The third-order valence-electron chi connectivity index (χ3n) is 3.53. The standard InChI is InChI=1S/C11H21NO6S2/c1-3-6-11(2,10(13)14)12-20(17,18)9-4-7-19(15,16)8-5-9/h9,12H,3-8H2,1-2H3,(H,13,14). The highest BCUT2D eigenvalue weighted by Crippen LogP contribution is 2.22. The summed E-state index contributed by atoms with van der Waals surface area (Å²) < 4.78 is 49.3. The Kier molecular flexibility index (Phi) is 5.20. The topological polar surface area (TPSA) is 118 Å². The van der Waals surface area contributed by atoms with Crippen LogP contribution in [0.1, 0.15) is 39.5 Å². The van der Waals surface area contributed by atoms with Gasteiger partial charge in [0.25, 0.3) is 0 Å². The average molecular weight is 327 g/mol. The molecule has 0 amide bonds. The van der Waals surface area contributed by atoms with Crippen LogP contribution in [0.15, 0.2) is 0 Å². The van der Waals surface area contributed by atoms with Crippen molar-refractivity contribution in [2.24, 2.45) is 0 Å². The zero-order valence-corrected chi connectivity index (χ0v) is 13.3. The van der Waals surface area contributed by atoms with Gasteiger partial charge < -0.3 is 5.11 Å². The van der Waals surface area contributed by atoms with E-state index >= 15 is 0 Å². The molecule has 7 nitrogen and oxygen atoms in total. The second kappa shape index (κ2) is 5.98. The first-order valence-electron chi connectivity index (χ1n) is 6.49. The zero-order chi connectivity index (χ0) is 15.6. The van der Waals surface area contributed by atoms with E-state index in [1.54, 1.807) is 6.92 Å². The summed E-state index contributed by atoms with van der Waals surface area (Å²) in [6.07, 6.45) is 0.718. The van der Waals surface area contributed by atoms with Gasteiger partial charge in [-0.3, -0.25) is 4.79 Å². The summed E-state index contributed by atoms with van der Waals surface area (Å²) in [7, 11) is -7.01. The molecule has 0 aromatic carbocycles. The van der Waals surface area contributed by atoms with Crippen molar-refractivity contribution in [3.63, 3.8) is 0 Å². The molecular formula is C11H21NO6S2. The van der Waals surface area contributed by atoms with E-state index in [0.717, 1.165) is 0 Å². The number of sulfonamides is 1. The molecule has 0 spiro atoms. The average Bonchev–Trinajstić information content (AvgIpc) is 2.27. The van der Waals surface area contributed by atoms with Gasteiger partial charge >= 0.3 is 5.97 Å². The lowest BCUT2D eigenvalue weighted by atomic mass is 9.98. The van der Waals surface area contributed by atoms with Gasteiger partial charge in [0, 0.05) is 0 Å². The van der Waals surface area contributed by atoms with Crippen LogP contribution in [-0.4, -0.2) is 50.2 Å². The van der Waals surface area contributed by atoms with Crippen LogP contribution in [0.4, 0.5) is 0 Å². The van der Waals surface area contributed by atoms with Crippen LogP contribution >= 0.6 is 0 Å². The maximum Gasteiger partial charge on any atom is 0.324 e. The van der Waals surface area contributed by atoms with Crippen LogP contribution in [0, 0.1) is 0 Å². The lowest BCUT2D eigenvalue weighted by Gasteiger charge is -2.29. The van der Waals surface area contributed by atoms with E-state index in [4.69, 9.17) is 0 Å². The molecule has 1 saturated heterocycles. The van der Waals surface area contributed by atoms with Gasteiger partial charge in [-0.15, -0.1) is 0 Å². The predicted molar refractivity (Wildman–Crippen MR) is 74.7 cm³/mol. The summed E-state index contributed by atoms with van der Waals surface area (Å²) in [5.74, 6) is -1.57. The predicted octanol–water partition coefficient (Wildman–Crippen LogP) is 0.126. The molecule has 0 aliphatic carbocycles. The van der Waals surface area contributed by atoms with Crippen LogP contribution < -0.4 is 4.72 Å². The highest BCUT2D eigenvalue weighted by atomic mass is 32.2. The molecule has 1 heterocycles. The smallest absolute Gasteiger partial charge is 0.324 e. The fraction of sp³-hybridized carbons (Fsp3) is 0.909. The van der Waals surface area contributed by atoms with Crippen molar-refractivity contribution in [1.29, 1.82) is 0 Å². The van der Waals surface area contributed by atoms with Gasteiger partial charge in [-0.1, -0.05) is 13.3 Å². The Hall–Kier alpha value is -0.670. The Bertz CT molecular complexity index is 554. The van der Waals surface area contributed by atoms with Crippen molar-refractivity contribution in [3.05, 3.63) is 0 Å². The highest BCUT2D eigenvalue weighted by molar-refractivity contribution is 7.92. The third-order valence-corrected chi connectivity index (χ3v) is 7.33. The molecule has 1 rings (SSSR count). The number of carbonyl (C=O) groups is 1. The second-order valence-electron chi connectivity index (χ2n) is 5.39. The maximum atomic E-state index is 12.2. The Morgan fingerprint density at radius 2 is 1.85 bits per heavy atom. The number of nitrogens with one attached hydrogen (secondary N) is 1. The van der Waals surface area contributed by atoms with E-state index in [9.17, 15) is 26.7 Å². The van der Waals surface area contributed by atoms with Crippen LogP contribution in [-0.2, 0) is 24.7 Å². The Labute approximate surface area is 119 Å². The molecule has 0 radical (unpaired) electrons. The van der Waals surface area contributed by atoms with E-state index in [1.807, 2.05) is 0 Å². The summed E-state index contributed by atoms with van der Waals surface area (Å²) >= 11 is 0. The van der Waals surface area contributed by atoms with Gasteiger partial charge in [-0.25, -0.2) is 16.8 Å². The van der Waals surface area contributed by atoms with E-state index in [0.29, 0.717) is 6.42 Å². The number of hydrogen-bond acceptors (Lipinski definition) is 5. The molecule has 1 aliphatic heterocycles. The van der Waals surface area contributed by atoms with Crippen molar-refractivity contribution < 1.29 is 26.7 Å². The Balaban J connectivity index is 2.87. The second-order valence-corrected chi connectivity index (χ2v) is 9.65. The molecule has 2 N–H and O–H groups in total. The van der Waals surface area contributed by atoms with Crippen molar-refractivity contribution in [2.75, 3.05) is 11.5 Å². The van der Waals surface area contributed by atoms with Crippen molar-refractivity contribution in [3.8, 4) is 0 Å². The Morgan fingerprint density at radius 1 is 1.35 bits per heavy atom. The minimum atomic E-state index is -3.85. The fourth-order valence-corrected chi connectivity index (χ4v) is 5.91. The summed E-state index contributed by atoms with van der Waals surface area (Å²) in [6, 6.07) is 0. The normalized spacial score (nSPS) is 23.1. The fourth-order valence-electron chi connectivity index (χ4n) is 2.28. The molecule has 1 unspecified atom stereocenters. The lowest BCUT2D eigenvalue weighted by molar-refractivity contribution is -0.143. The van der Waals surface area contributed by atoms with Crippen molar-refractivity contribution >= 4 is 25.8 Å². The molecule has 20 heavy (non-hydrogen) atoms. The minimum Gasteiger partial charge on any atom is -0.480 e. The summed E-state index contributed by atoms with van der Waals surface area (Å²) in [6.45, 7) is 3.10. The minimum absolute atomic E-state index is 0.0134. The monoisotopic (exact) mass is 327 g/mol. The van der Waals surface area contributed by atoms with E-state index in [1.165, 1.54) is 6.92 Å². The maximum absolute atomic E-state index is 12.2. The molecule has 0 aromatic heterocycles. The first-order valence-corrected chi connectivity index (χ1v) is 9.86. The van der Waals surface area contributed by atoms with E-state index in [2.05, 4.69) is 4.72 Å². The van der Waals surface area contributed by atoms with Crippen LogP contribution in [0.2, 0.25) is 0 Å². The largest absolute Gasteiger partial charge is 0.480 e. The van der Waals surface area contributed by atoms with Crippen LogP contribution in [0.3, 0.4) is 0 Å². The van der Waals surface area contributed by atoms with Crippen LogP contribution in [0.5, 0.6) is 0 Å². The van der Waals surface area contributed by atoms with Gasteiger partial charge in [0.1, 0.15) is 15.4 Å². The first kappa shape index (κ1) is 17.4. The number of hydrogen-bond donors (Lipinski definition) is 2. The van der Waals surface area contributed by atoms with E-state index in [-0.39, 0.29) is 30.8 Å². The highest BCUT2D eigenvalue weighted by Gasteiger charge is 2.41. The molecule has 0 aromatic rings. The van der Waals surface area contributed by atoms with Crippen molar-refractivity contribution in [1.82, 2.24) is 4.72 Å². The molecular weight excluding hydrogens is 306 g/mol. The summed E-state index contributed by atoms with van der Waals surface area (Å²) in [4.78, 5) is 11.3. The zero-order valence-electron chi connectivity index (χ0n) is 11.6. The number of carboxylic acid groups (broad SMARTS) is 1. The molecule has 1 fully saturated rings. The third kappa shape index (κ3) is 4.16. The van der Waals surface area contributed by atoms with Gasteiger partial charge in [0.2, 0.25) is 10.0 Å². The lowest BCUT2D eigenvalue weighted by Crippen LogP contribution is -2.55. The van der Waals surface area contributed by atoms with Crippen molar-refractivity contribution in [2.45, 2.75) is 50.3 Å². The summed E-state index contributed by atoms with van der Waals surface area (Å²) in [5.41, 5.74) is -1.55. The number of sulfone groups is 1. The van der Waals surface area contributed by atoms with Gasteiger partial charge in [-0.05, 0) is 26.2 Å². The molecule has 9 heteroatoms.